The lowest BCUT2D eigenvalue weighted by molar-refractivity contribution is -0.702. The zero-order chi connectivity index (χ0) is 17.8. The van der Waals surface area contributed by atoms with Gasteiger partial charge in [0.05, 0.1) is 4.88 Å². The van der Waals surface area contributed by atoms with Crippen LogP contribution in [0.3, 0.4) is 0 Å². The van der Waals surface area contributed by atoms with Gasteiger partial charge in [-0.25, -0.2) is 4.98 Å². The second-order valence-corrected chi connectivity index (χ2v) is 8.19. The standard InChI is InChI=1S/C22H20N2S2/c1-16-9-11-18(12-10-16)22-24-19(15-26-22)14-23-21(20-8-5-13-25-20)17-6-3-2-4-7-17/h2-13,15,21,23H,14H2,1H3/p+1/t21-/m0/s1. The number of nitrogens with zero attached hydrogens (tertiary/aromatic N) is 1. The average Bonchev–Trinajstić information content (AvgIpc) is 3.36. The molecule has 2 nitrogen and oxygen atoms in total. The number of rotatable bonds is 6. The number of hydrogen-bond donors (Lipinski definition) is 1. The van der Waals surface area contributed by atoms with E-state index in [0.717, 1.165) is 17.2 Å². The van der Waals surface area contributed by atoms with Crippen LogP contribution in [0.5, 0.6) is 0 Å². The van der Waals surface area contributed by atoms with Gasteiger partial charge in [-0.05, 0) is 18.4 Å². The van der Waals surface area contributed by atoms with Crippen LogP contribution in [0.2, 0.25) is 0 Å². The highest BCUT2D eigenvalue weighted by Gasteiger charge is 2.19. The van der Waals surface area contributed by atoms with Crippen LogP contribution in [0.1, 0.15) is 27.7 Å². The van der Waals surface area contributed by atoms with E-state index >= 15 is 0 Å². The first-order valence-corrected chi connectivity index (χ1v) is 10.5. The third kappa shape index (κ3) is 3.93. The zero-order valence-electron chi connectivity index (χ0n) is 14.6. The molecule has 130 valence electrons. The largest absolute Gasteiger partial charge is 0.331 e. The van der Waals surface area contributed by atoms with Gasteiger partial charge in [-0.1, -0.05) is 66.2 Å². The van der Waals surface area contributed by atoms with Gasteiger partial charge < -0.3 is 5.32 Å². The molecule has 0 bridgehead atoms. The predicted molar refractivity (Wildman–Crippen MR) is 111 cm³/mol. The number of nitrogens with two attached hydrogens (primary N) is 1. The Morgan fingerprint density at radius 2 is 1.73 bits per heavy atom. The molecule has 0 spiro atoms. The van der Waals surface area contributed by atoms with Crippen molar-refractivity contribution in [3.63, 3.8) is 0 Å². The number of aromatic nitrogens is 1. The first-order valence-electron chi connectivity index (χ1n) is 8.73. The minimum Gasteiger partial charge on any atom is -0.331 e. The van der Waals surface area contributed by atoms with E-state index in [0.29, 0.717) is 6.04 Å². The molecular weight excluding hydrogens is 356 g/mol. The number of thiophene rings is 1. The van der Waals surface area contributed by atoms with Gasteiger partial charge in [-0.15, -0.1) is 22.7 Å². The van der Waals surface area contributed by atoms with E-state index in [1.165, 1.54) is 21.6 Å². The first kappa shape index (κ1) is 17.2. The minimum atomic E-state index is 0.320. The number of thiazole rings is 1. The fourth-order valence-corrected chi connectivity index (χ4v) is 4.70. The van der Waals surface area contributed by atoms with Crippen molar-refractivity contribution >= 4 is 22.7 Å². The molecule has 0 radical (unpaired) electrons. The van der Waals surface area contributed by atoms with Gasteiger partial charge in [-0.3, -0.25) is 0 Å². The lowest BCUT2D eigenvalue weighted by atomic mass is 10.1. The Bertz CT molecular complexity index is 942. The molecule has 0 amide bonds. The molecule has 0 aliphatic heterocycles. The Labute approximate surface area is 162 Å². The summed E-state index contributed by atoms with van der Waals surface area (Å²) in [6, 6.07) is 24.0. The van der Waals surface area contributed by atoms with Gasteiger partial charge in [0.25, 0.3) is 0 Å². The Hall–Kier alpha value is -2.27. The lowest BCUT2D eigenvalue weighted by Crippen LogP contribution is -2.83. The number of hydrogen-bond acceptors (Lipinski definition) is 3. The van der Waals surface area contributed by atoms with E-state index in [9.17, 15) is 0 Å². The van der Waals surface area contributed by atoms with Crippen molar-refractivity contribution in [1.82, 2.24) is 4.98 Å². The Kier molecular flexibility index (Phi) is 5.25. The minimum absolute atomic E-state index is 0.320. The number of quaternary nitrogens is 1. The van der Waals surface area contributed by atoms with Crippen LogP contribution < -0.4 is 5.32 Å². The van der Waals surface area contributed by atoms with Gasteiger partial charge in [0, 0.05) is 16.5 Å². The van der Waals surface area contributed by atoms with Gasteiger partial charge >= 0.3 is 0 Å². The quantitative estimate of drug-likeness (QED) is 0.501. The summed E-state index contributed by atoms with van der Waals surface area (Å²) in [4.78, 5) is 6.23. The SMILES string of the molecule is Cc1ccc(-c2nc(C[NH2+][C@@H](c3ccccc3)c3cccs3)cs2)cc1. The third-order valence-corrected chi connectivity index (χ3v) is 6.32. The molecule has 0 fully saturated rings. The molecule has 2 N–H and O–H groups in total. The summed E-state index contributed by atoms with van der Waals surface area (Å²) >= 11 is 3.54. The molecule has 4 rings (SSSR count). The van der Waals surface area contributed by atoms with Crippen LogP contribution in [-0.4, -0.2) is 4.98 Å². The van der Waals surface area contributed by atoms with Gasteiger partial charge in [-0.2, -0.15) is 0 Å². The van der Waals surface area contributed by atoms with E-state index in [1.54, 1.807) is 11.3 Å². The third-order valence-electron chi connectivity index (χ3n) is 4.42. The van der Waals surface area contributed by atoms with Crippen LogP contribution >= 0.6 is 22.7 Å². The molecule has 0 saturated carbocycles. The van der Waals surface area contributed by atoms with Crippen molar-refractivity contribution in [2.75, 3.05) is 0 Å². The van der Waals surface area contributed by atoms with Crippen molar-refractivity contribution in [1.29, 1.82) is 0 Å². The Morgan fingerprint density at radius 3 is 2.46 bits per heavy atom. The van der Waals surface area contributed by atoms with E-state index in [-0.39, 0.29) is 0 Å². The van der Waals surface area contributed by atoms with Gasteiger partial charge in [0.1, 0.15) is 23.3 Å². The van der Waals surface area contributed by atoms with Crippen LogP contribution in [0.25, 0.3) is 10.6 Å². The highest BCUT2D eigenvalue weighted by atomic mass is 32.1. The van der Waals surface area contributed by atoms with Crippen molar-refractivity contribution in [2.24, 2.45) is 0 Å². The number of benzene rings is 2. The van der Waals surface area contributed by atoms with Crippen molar-refractivity contribution in [3.8, 4) is 10.6 Å². The van der Waals surface area contributed by atoms with E-state index in [1.807, 2.05) is 11.3 Å². The summed E-state index contributed by atoms with van der Waals surface area (Å²) in [5, 5.41) is 7.81. The molecule has 26 heavy (non-hydrogen) atoms. The zero-order valence-corrected chi connectivity index (χ0v) is 16.3. The van der Waals surface area contributed by atoms with Crippen molar-refractivity contribution < 1.29 is 5.32 Å². The molecule has 4 aromatic rings. The molecule has 0 unspecified atom stereocenters. The molecule has 2 aromatic carbocycles. The number of aryl methyl sites for hydroxylation is 1. The summed E-state index contributed by atoms with van der Waals surface area (Å²) in [6.45, 7) is 2.99. The Balaban J connectivity index is 1.51. The maximum absolute atomic E-state index is 4.85. The second-order valence-electron chi connectivity index (χ2n) is 6.35. The molecule has 2 aromatic heterocycles. The smallest absolute Gasteiger partial charge is 0.147 e. The molecule has 0 aliphatic carbocycles. The van der Waals surface area contributed by atoms with Crippen molar-refractivity contribution in [3.05, 3.63) is 99.2 Å². The average molecular weight is 378 g/mol. The molecule has 0 aliphatic rings. The summed E-state index contributed by atoms with van der Waals surface area (Å²) < 4.78 is 0. The normalized spacial score (nSPS) is 12.2. The second kappa shape index (κ2) is 7.96. The summed E-state index contributed by atoms with van der Waals surface area (Å²) in [5.74, 6) is 0. The fraction of sp³-hybridized carbons (Fsp3) is 0.136. The van der Waals surface area contributed by atoms with Crippen LogP contribution in [-0.2, 0) is 6.54 Å². The monoisotopic (exact) mass is 377 g/mol. The molecule has 0 saturated heterocycles. The Morgan fingerprint density at radius 1 is 0.923 bits per heavy atom. The summed E-state index contributed by atoms with van der Waals surface area (Å²) in [7, 11) is 0. The van der Waals surface area contributed by atoms with Crippen molar-refractivity contribution in [2.45, 2.75) is 19.5 Å². The highest BCUT2D eigenvalue weighted by Crippen LogP contribution is 2.25. The molecule has 4 heteroatoms. The summed E-state index contributed by atoms with van der Waals surface area (Å²) in [6.07, 6.45) is 0. The van der Waals surface area contributed by atoms with Crippen LogP contribution in [0, 0.1) is 6.92 Å². The van der Waals surface area contributed by atoms with E-state index in [2.05, 4.69) is 89.7 Å². The maximum Gasteiger partial charge on any atom is 0.147 e. The van der Waals surface area contributed by atoms with Crippen LogP contribution in [0.15, 0.2) is 77.5 Å². The van der Waals surface area contributed by atoms with Gasteiger partial charge in [0.2, 0.25) is 0 Å². The fourth-order valence-electron chi connectivity index (χ4n) is 3.01. The molecule has 2 heterocycles. The molecule has 1 atom stereocenters. The lowest BCUT2D eigenvalue weighted by Gasteiger charge is -2.14. The highest BCUT2D eigenvalue weighted by molar-refractivity contribution is 7.13. The maximum atomic E-state index is 4.85. The topological polar surface area (TPSA) is 29.5 Å². The molecular formula is C22H21N2S2+. The van der Waals surface area contributed by atoms with Gasteiger partial charge in [0.15, 0.2) is 0 Å². The predicted octanol–water partition coefficient (Wildman–Crippen LogP) is 5.03. The van der Waals surface area contributed by atoms with E-state index in [4.69, 9.17) is 4.98 Å². The first-order chi connectivity index (χ1) is 12.8. The van der Waals surface area contributed by atoms with E-state index < -0.39 is 0 Å². The summed E-state index contributed by atoms with van der Waals surface area (Å²) in [5.41, 5.74) is 4.96. The van der Waals surface area contributed by atoms with Crippen LogP contribution in [0.4, 0.5) is 0 Å².